The van der Waals surface area contributed by atoms with Crippen LogP contribution in [-0.2, 0) is 14.8 Å². The molecule has 1 saturated heterocycles. The zero-order valence-electron chi connectivity index (χ0n) is 11.1. The Labute approximate surface area is 120 Å². The molecule has 21 heavy (non-hydrogen) atoms. The molecule has 1 aliphatic heterocycles. The van der Waals surface area contributed by atoms with Gasteiger partial charge in [0.1, 0.15) is 10.4 Å². The quantitative estimate of drug-likeness (QED) is 0.859. The molecule has 2 N–H and O–H groups in total. The van der Waals surface area contributed by atoms with Crippen LogP contribution in [0, 0.1) is 5.92 Å². The van der Waals surface area contributed by atoms with Gasteiger partial charge in [-0.2, -0.15) is 4.31 Å². The van der Waals surface area contributed by atoms with Crippen molar-refractivity contribution in [1.82, 2.24) is 14.6 Å². The van der Waals surface area contributed by atoms with E-state index in [4.69, 9.17) is 5.73 Å². The zero-order chi connectivity index (χ0) is 15.0. The molecule has 1 aromatic carbocycles. The van der Waals surface area contributed by atoms with Gasteiger partial charge in [0.25, 0.3) is 0 Å². The molecule has 2 aromatic rings. The monoisotopic (exact) mass is 310 g/mol. The molecular formula is C12H14N4O4S. The van der Waals surface area contributed by atoms with Crippen LogP contribution in [0.25, 0.3) is 11.0 Å². The minimum absolute atomic E-state index is 0.0683. The number of hydrogen-bond donors (Lipinski definition) is 1. The molecule has 0 spiro atoms. The lowest BCUT2D eigenvalue weighted by molar-refractivity contribution is -0.122. The molecule has 0 radical (unpaired) electrons. The van der Waals surface area contributed by atoms with E-state index < -0.39 is 10.0 Å². The Morgan fingerprint density at radius 3 is 2.67 bits per heavy atom. The van der Waals surface area contributed by atoms with Crippen molar-refractivity contribution >= 4 is 27.0 Å². The number of primary amides is 1. The zero-order valence-corrected chi connectivity index (χ0v) is 11.9. The van der Waals surface area contributed by atoms with Crippen LogP contribution in [0.2, 0.25) is 0 Å². The normalized spacial score (nSPS) is 18.1. The van der Waals surface area contributed by atoms with Crippen molar-refractivity contribution in [3.63, 3.8) is 0 Å². The Kier molecular flexibility index (Phi) is 3.38. The molecule has 0 bridgehead atoms. The molecule has 3 rings (SSSR count). The molecule has 1 fully saturated rings. The summed E-state index contributed by atoms with van der Waals surface area (Å²) in [5.74, 6) is -0.643. The van der Waals surface area contributed by atoms with E-state index in [1.807, 2.05) is 0 Å². The molecular weight excluding hydrogens is 296 g/mol. The fourth-order valence-electron chi connectivity index (χ4n) is 2.51. The third-order valence-electron chi connectivity index (χ3n) is 3.72. The van der Waals surface area contributed by atoms with Gasteiger partial charge >= 0.3 is 0 Å². The summed E-state index contributed by atoms with van der Waals surface area (Å²) in [6, 6.07) is 4.70. The maximum atomic E-state index is 12.7. The number of fused-ring (bicyclic) bond motifs is 1. The lowest BCUT2D eigenvalue weighted by Crippen LogP contribution is -2.41. The van der Waals surface area contributed by atoms with E-state index in [1.54, 1.807) is 12.1 Å². The summed E-state index contributed by atoms with van der Waals surface area (Å²) >= 11 is 0. The average molecular weight is 310 g/mol. The fourth-order valence-corrected chi connectivity index (χ4v) is 4.12. The summed E-state index contributed by atoms with van der Waals surface area (Å²) in [5, 5.41) is 7.30. The van der Waals surface area contributed by atoms with E-state index in [1.165, 1.54) is 10.4 Å². The predicted molar refractivity (Wildman–Crippen MR) is 72.5 cm³/mol. The molecule has 9 heteroatoms. The predicted octanol–water partition coefficient (Wildman–Crippen LogP) is 0.109. The van der Waals surface area contributed by atoms with Crippen molar-refractivity contribution in [2.75, 3.05) is 13.1 Å². The Bertz CT molecular complexity index is 777. The number of hydrogen-bond acceptors (Lipinski definition) is 6. The first-order valence-corrected chi connectivity index (χ1v) is 7.95. The van der Waals surface area contributed by atoms with Gasteiger partial charge in [-0.25, -0.2) is 13.0 Å². The van der Waals surface area contributed by atoms with Crippen LogP contribution in [0.5, 0.6) is 0 Å². The second kappa shape index (κ2) is 5.08. The summed E-state index contributed by atoms with van der Waals surface area (Å²) in [6.07, 6.45) is 0.864. The summed E-state index contributed by atoms with van der Waals surface area (Å²) in [6.45, 7) is 0.523. The van der Waals surface area contributed by atoms with Crippen LogP contribution >= 0.6 is 0 Å². The van der Waals surface area contributed by atoms with E-state index in [2.05, 4.69) is 14.9 Å². The van der Waals surface area contributed by atoms with E-state index >= 15 is 0 Å². The van der Waals surface area contributed by atoms with Crippen LogP contribution in [0.1, 0.15) is 12.8 Å². The Hall–Kier alpha value is -2.00. The molecule has 2 heterocycles. The molecule has 0 atom stereocenters. The Morgan fingerprint density at radius 1 is 1.29 bits per heavy atom. The maximum absolute atomic E-state index is 12.7. The minimum atomic E-state index is -3.69. The number of piperidine rings is 1. The molecule has 0 unspecified atom stereocenters. The number of benzene rings is 1. The molecule has 8 nitrogen and oxygen atoms in total. The number of carbonyl (C=O) groups is 1. The Balaban J connectivity index is 1.91. The third kappa shape index (κ3) is 2.38. The first kappa shape index (κ1) is 14.0. The topological polar surface area (TPSA) is 119 Å². The van der Waals surface area contributed by atoms with Crippen molar-refractivity contribution in [3.8, 4) is 0 Å². The Morgan fingerprint density at radius 2 is 2.00 bits per heavy atom. The van der Waals surface area contributed by atoms with Gasteiger partial charge in [-0.1, -0.05) is 6.07 Å². The van der Waals surface area contributed by atoms with Crippen LogP contribution in [0.15, 0.2) is 27.7 Å². The molecule has 1 aromatic heterocycles. The van der Waals surface area contributed by atoms with Gasteiger partial charge in [-0.15, -0.1) is 0 Å². The molecule has 1 aliphatic rings. The molecule has 0 aliphatic carbocycles. The smallest absolute Gasteiger partial charge is 0.245 e. The van der Waals surface area contributed by atoms with Gasteiger partial charge in [-0.3, -0.25) is 4.79 Å². The van der Waals surface area contributed by atoms with E-state index in [9.17, 15) is 13.2 Å². The van der Waals surface area contributed by atoms with Crippen molar-refractivity contribution in [3.05, 3.63) is 18.2 Å². The first-order valence-electron chi connectivity index (χ1n) is 6.51. The lowest BCUT2D eigenvalue weighted by atomic mass is 9.98. The van der Waals surface area contributed by atoms with Gasteiger partial charge in [0, 0.05) is 19.0 Å². The molecule has 112 valence electrons. The summed E-state index contributed by atoms with van der Waals surface area (Å²) in [5.41, 5.74) is 5.86. The van der Waals surface area contributed by atoms with Crippen molar-refractivity contribution in [2.24, 2.45) is 11.7 Å². The van der Waals surface area contributed by atoms with E-state index in [0.29, 0.717) is 18.4 Å². The SMILES string of the molecule is NC(=O)C1CCN(S(=O)(=O)c2cccc3nonc23)CC1. The van der Waals surface area contributed by atoms with Gasteiger partial charge in [0.15, 0.2) is 5.52 Å². The van der Waals surface area contributed by atoms with E-state index in [-0.39, 0.29) is 35.3 Å². The highest BCUT2D eigenvalue weighted by molar-refractivity contribution is 7.89. The third-order valence-corrected chi connectivity index (χ3v) is 5.65. The number of carbonyl (C=O) groups excluding carboxylic acids is 1. The minimum Gasteiger partial charge on any atom is -0.369 e. The largest absolute Gasteiger partial charge is 0.369 e. The summed E-state index contributed by atoms with van der Waals surface area (Å²) in [7, 11) is -3.69. The van der Waals surface area contributed by atoms with Crippen molar-refractivity contribution in [1.29, 1.82) is 0 Å². The highest BCUT2D eigenvalue weighted by atomic mass is 32.2. The number of aromatic nitrogens is 2. The second-order valence-electron chi connectivity index (χ2n) is 4.97. The molecule has 0 saturated carbocycles. The van der Waals surface area contributed by atoms with Gasteiger partial charge in [0.2, 0.25) is 15.9 Å². The van der Waals surface area contributed by atoms with Gasteiger partial charge in [0.05, 0.1) is 0 Å². The van der Waals surface area contributed by atoms with Crippen LogP contribution in [-0.4, -0.2) is 42.0 Å². The number of rotatable bonds is 3. The average Bonchev–Trinajstić information content (AvgIpc) is 2.95. The lowest BCUT2D eigenvalue weighted by Gasteiger charge is -2.29. The van der Waals surface area contributed by atoms with Crippen molar-refractivity contribution < 1.29 is 17.8 Å². The molecule has 1 amide bonds. The van der Waals surface area contributed by atoms with Gasteiger partial charge in [-0.05, 0) is 35.3 Å². The van der Waals surface area contributed by atoms with Crippen LogP contribution in [0.4, 0.5) is 0 Å². The number of nitrogens with zero attached hydrogens (tertiary/aromatic N) is 3. The summed E-state index contributed by atoms with van der Waals surface area (Å²) in [4.78, 5) is 11.2. The van der Waals surface area contributed by atoms with Crippen LogP contribution < -0.4 is 5.73 Å². The number of amides is 1. The standard InChI is InChI=1S/C12H14N4O4S/c13-12(17)8-4-6-16(7-5-8)21(18,19)10-3-1-2-9-11(10)15-20-14-9/h1-3,8H,4-7H2,(H2,13,17). The second-order valence-corrected chi connectivity index (χ2v) is 6.88. The fraction of sp³-hybridized carbons (Fsp3) is 0.417. The first-order chi connectivity index (χ1) is 10.00. The maximum Gasteiger partial charge on any atom is 0.245 e. The highest BCUT2D eigenvalue weighted by Gasteiger charge is 2.32. The highest BCUT2D eigenvalue weighted by Crippen LogP contribution is 2.27. The summed E-state index contributed by atoms with van der Waals surface area (Å²) < 4.78 is 31.3. The van der Waals surface area contributed by atoms with Crippen molar-refractivity contribution in [2.45, 2.75) is 17.7 Å². The van der Waals surface area contributed by atoms with Gasteiger partial charge < -0.3 is 5.73 Å². The van der Waals surface area contributed by atoms with Crippen LogP contribution in [0.3, 0.4) is 0 Å². The number of nitrogens with two attached hydrogens (primary N) is 1. The number of sulfonamides is 1. The van der Waals surface area contributed by atoms with E-state index in [0.717, 1.165) is 0 Å².